The lowest BCUT2D eigenvalue weighted by Crippen LogP contribution is -2.54. The van der Waals surface area contributed by atoms with Gasteiger partial charge in [-0.05, 0) is 149 Å². The van der Waals surface area contributed by atoms with Crippen LogP contribution in [-0.2, 0) is 75.5 Å². The minimum atomic E-state index is -0.476. The van der Waals surface area contributed by atoms with Crippen LogP contribution >= 0.6 is 15.9 Å². The van der Waals surface area contributed by atoms with E-state index < -0.39 is 38.4 Å². The highest BCUT2D eigenvalue weighted by Gasteiger charge is 2.64. The summed E-state index contributed by atoms with van der Waals surface area (Å²) in [5.74, 6) is -1.12. The molecule has 7 rings (SSSR count). The van der Waals surface area contributed by atoms with Crippen molar-refractivity contribution in [2.45, 2.75) is 248 Å². The molecule has 5 aliphatic rings. The molecule has 0 aliphatic carbocycles. The van der Waals surface area contributed by atoms with Gasteiger partial charge in [0, 0.05) is 55.8 Å². The Labute approximate surface area is 488 Å². The maximum atomic E-state index is 12.0. The third kappa shape index (κ3) is 15.5. The summed E-state index contributed by atoms with van der Waals surface area (Å²) in [6.07, 6.45) is -1.98. The van der Waals surface area contributed by atoms with Crippen molar-refractivity contribution in [3.05, 3.63) is 63.1 Å². The number of carbonyl (C=O) groups excluding carboxylic acids is 4. The molecule has 0 spiro atoms. The molecule has 0 radical (unpaired) electrons. The Morgan fingerprint density at radius 3 is 1.14 bits per heavy atom. The number of carbonyl (C=O) groups is 4. The SMILES string of the molecule is CC(=O)OCC1O[C@H]([C@H](C)c2ccc(B3OC(C)(C)C(C)(C)O3)cc2C)C(OC(C)=O)[C@@H](C)[C@@H]1C.CC(=O)OCC1O[C@H]([C@H](C)c2ccc(Br)cc2C)C(OC(C)=O)[C@@H](C)[C@@H]1C.CC1(C)OB(B2OC(C)(C)C(C)(C)O2)OC1(C)C. The van der Waals surface area contributed by atoms with Gasteiger partial charge in [0.15, 0.2) is 0 Å². The summed E-state index contributed by atoms with van der Waals surface area (Å²) in [4.78, 5) is 46.3. The van der Waals surface area contributed by atoms with E-state index in [1.165, 1.54) is 27.7 Å². The van der Waals surface area contributed by atoms with E-state index in [1.54, 1.807) is 0 Å². The van der Waals surface area contributed by atoms with Crippen molar-refractivity contribution in [2.24, 2.45) is 23.7 Å². The van der Waals surface area contributed by atoms with Crippen molar-refractivity contribution < 1.29 is 75.5 Å². The first-order valence-corrected chi connectivity index (χ1v) is 29.3. The van der Waals surface area contributed by atoms with Gasteiger partial charge in [0.1, 0.15) is 37.6 Å². The molecule has 12 atom stereocenters. The van der Waals surface area contributed by atoms with E-state index in [-0.39, 0.29) is 126 Å². The van der Waals surface area contributed by atoms with Crippen LogP contribution in [0.5, 0.6) is 0 Å². The molecule has 20 heteroatoms. The van der Waals surface area contributed by atoms with Gasteiger partial charge in [0.25, 0.3) is 0 Å². The molecular weight excluding hydrogens is 1090 g/mol. The molecule has 446 valence electrons. The number of hydrogen-bond donors (Lipinski definition) is 0. The van der Waals surface area contributed by atoms with Crippen molar-refractivity contribution in [3.8, 4) is 0 Å². The van der Waals surface area contributed by atoms with Crippen molar-refractivity contribution in [1.82, 2.24) is 0 Å². The zero-order chi connectivity index (χ0) is 60.6. The highest BCUT2D eigenvalue weighted by molar-refractivity contribution is 9.10. The molecular formula is C60H94B3BrO16. The normalized spacial score (nSPS) is 30.4. The van der Waals surface area contributed by atoms with Gasteiger partial charge in [0.2, 0.25) is 0 Å². The van der Waals surface area contributed by atoms with Crippen LogP contribution in [0.2, 0.25) is 0 Å². The average Bonchev–Trinajstić information content (AvgIpc) is 3.86. The fourth-order valence-electron chi connectivity index (χ4n) is 10.8. The highest BCUT2D eigenvalue weighted by Crippen LogP contribution is 2.45. The largest absolute Gasteiger partial charge is 0.494 e. The Bertz CT molecular complexity index is 2410. The monoisotopic (exact) mass is 1180 g/mol. The summed E-state index contributed by atoms with van der Waals surface area (Å²) in [7, 11) is -1.39. The lowest BCUT2D eigenvalue weighted by atomic mass is 9.49. The Balaban J connectivity index is 0.000000232. The van der Waals surface area contributed by atoms with E-state index in [0.717, 1.165) is 32.2 Å². The number of halogens is 1. The fraction of sp³-hybridized carbons (Fsp3) is 0.733. The molecule has 2 aromatic carbocycles. The van der Waals surface area contributed by atoms with Gasteiger partial charge >= 0.3 is 45.0 Å². The lowest BCUT2D eigenvalue weighted by molar-refractivity contribution is -0.208. The topological polar surface area (TPSA) is 179 Å². The summed E-state index contributed by atoms with van der Waals surface area (Å²) >= 11 is 3.50. The average molecular weight is 1180 g/mol. The van der Waals surface area contributed by atoms with Gasteiger partial charge in [0.05, 0.1) is 45.8 Å². The van der Waals surface area contributed by atoms with Crippen LogP contribution in [0.4, 0.5) is 0 Å². The summed E-state index contributed by atoms with van der Waals surface area (Å²) in [5, 5.41) is 0. The molecule has 16 nitrogen and oxygen atoms in total. The first kappa shape index (κ1) is 67.5. The summed E-state index contributed by atoms with van der Waals surface area (Å²) < 4.78 is 72.1. The summed E-state index contributed by atoms with van der Waals surface area (Å²) in [6.45, 7) is 46.9. The van der Waals surface area contributed by atoms with E-state index in [9.17, 15) is 19.2 Å². The Morgan fingerprint density at radius 1 is 0.500 bits per heavy atom. The second-order valence-corrected chi connectivity index (χ2v) is 26.9. The number of rotatable bonds is 12. The van der Waals surface area contributed by atoms with E-state index in [1.807, 2.05) is 109 Å². The van der Waals surface area contributed by atoms with Gasteiger partial charge in [-0.15, -0.1) is 0 Å². The third-order valence-electron chi connectivity index (χ3n) is 18.5. The van der Waals surface area contributed by atoms with Crippen molar-refractivity contribution in [2.75, 3.05) is 13.2 Å². The molecule has 0 saturated carbocycles. The van der Waals surface area contributed by atoms with E-state index in [2.05, 4.69) is 81.7 Å². The third-order valence-corrected chi connectivity index (χ3v) is 19.0. The first-order chi connectivity index (χ1) is 36.6. The second-order valence-electron chi connectivity index (χ2n) is 26.0. The second kappa shape index (κ2) is 25.9. The molecule has 0 amide bonds. The van der Waals surface area contributed by atoms with Crippen LogP contribution in [-0.4, -0.2) is 128 Å². The molecule has 0 aromatic heterocycles. The van der Waals surface area contributed by atoms with E-state index in [0.29, 0.717) is 0 Å². The molecule has 5 aliphatic heterocycles. The molecule has 4 unspecified atom stereocenters. The van der Waals surface area contributed by atoms with Crippen LogP contribution in [0.3, 0.4) is 0 Å². The van der Waals surface area contributed by atoms with Gasteiger partial charge in [-0.2, -0.15) is 0 Å². The van der Waals surface area contributed by atoms with Crippen LogP contribution < -0.4 is 5.46 Å². The quantitative estimate of drug-likeness (QED) is 0.111. The molecule has 2 aromatic rings. The predicted molar refractivity (Wildman–Crippen MR) is 313 cm³/mol. The van der Waals surface area contributed by atoms with Crippen LogP contribution in [0, 0.1) is 37.5 Å². The van der Waals surface area contributed by atoms with Crippen LogP contribution in [0.25, 0.3) is 0 Å². The smallest absolute Gasteiger partial charge is 0.463 e. The Morgan fingerprint density at radius 2 is 0.825 bits per heavy atom. The van der Waals surface area contributed by atoms with Crippen molar-refractivity contribution in [3.63, 3.8) is 0 Å². The molecule has 80 heavy (non-hydrogen) atoms. The zero-order valence-corrected chi connectivity index (χ0v) is 54.0. The molecule has 0 N–H and O–H groups in total. The minimum absolute atomic E-state index is 0.0113. The van der Waals surface area contributed by atoms with E-state index in [4.69, 9.17) is 56.3 Å². The number of esters is 4. The minimum Gasteiger partial charge on any atom is -0.463 e. The van der Waals surface area contributed by atoms with Crippen LogP contribution in [0.1, 0.15) is 186 Å². The van der Waals surface area contributed by atoms with Crippen molar-refractivity contribution in [1.29, 1.82) is 0 Å². The molecule has 5 saturated heterocycles. The first-order valence-electron chi connectivity index (χ1n) is 28.5. The maximum absolute atomic E-state index is 12.0. The fourth-order valence-corrected chi connectivity index (χ4v) is 11.3. The zero-order valence-electron chi connectivity index (χ0n) is 52.4. The molecule has 5 fully saturated rings. The van der Waals surface area contributed by atoms with Crippen molar-refractivity contribution >= 4 is 66.4 Å². The van der Waals surface area contributed by atoms with Crippen LogP contribution in [0.15, 0.2) is 40.9 Å². The standard InChI is InChI=1S/C27H41BO7.C21H29BrO5.C12H24B2O4/c1-15-13-21(28-34-26(7,8)27(9,10)35-28)11-12-22(15)18(4)25-24(32-20(6)30)17(3)16(2)23(33-25)14-31-19(5)29;1-11-9-17(22)7-8-18(11)14(4)21-20(26-16(6)24)13(3)12(2)19(27-21)10-25-15(5)23;1-9(2)10(3,4)16-13(15-9)14-17-11(5,6)12(7,8)18-14/h11-13,16-18,23-25H,14H2,1-10H3;7-9,12-14,19-21H,10H2,1-6H3;1-8H3/t16-,17-,18+,23?,24?,25+;12-,13-,14+,19?,20?,21+;/m00./s1. The predicted octanol–water partition coefficient (Wildman–Crippen LogP) is 10.6. The number of benzene rings is 2. The molecule has 5 heterocycles. The van der Waals surface area contributed by atoms with E-state index >= 15 is 0 Å². The number of aryl methyl sites for hydroxylation is 2. The van der Waals surface area contributed by atoms with Gasteiger partial charge in [-0.3, -0.25) is 19.2 Å². The molecule has 0 bridgehead atoms. The summed E-state index contributed by atoms with van der Waals surface area (Å²) in [5.41, 5.74) is 3.18. The highest BCUT2D eigenvalue weighted by atomic mass is 79.9. The Hall–Kier alpha value is -3.33. The Kier molecular flexibility index (Phi) is 21.8. The van der Waals surface area contributed by atoms with Gasteiger partial charge in [-0.25, -0.2) is 0 Å². The van der Waals surface area contributed by atoms with Gasteiger partial charge in [-0.1, -0.05) is 81.7 Å². The maximum Gasteiger partial charge on any atom is 0.494 e. The lowest BCUT2D eigenvalue weighted by Gasteiger charge is -2.46. The number of hydrogen-bond acceptors (Lipinski definition) is 16. The summed E-state index contributed by atoms with van der Waals surface area (Å²) in [6, 6.07) is 12.4. The number of ether oxygens (including phenoxy) is 6. The van der Waals surface area contributed by atoms with Gasteiger partial charge < -0.3 is 56.3 Å².